The number of nitrogens with one attached hydrogen (secondary N) is 2. The predicted octanol–water partition coefficient (Wildman–Crippen LogP) is 6.57. The monoisotopic (exact) mass is 476 g/mol. The Kier molecular flexibility index (Phi) is 6.14. The minimum atomic E-state index is -0.856. The lowest BCUT2D eigenvalue weighted by Crippen LogP contribution is -2.43. The number of ketones is 1. The number of carbonyl (C=O) groups is 1. The van der Waals surface area contributed by atoms with Crippen molar-refractivity contribution in [2.45, 2.75) is 37.6 Å². The second-order valence-corrected chi connectivity index (χ2v) is 9.67. The fourth-order valence-electron chi connectivity index (χ4n) is 5.81. The van der Waals surface area contributed by atoms with Gasteiger partial charge in [0.2, 0.25) is 0 Å². The molecule has 0 amide bonds. The molecule has 0 bridgehead atoms. The van der Waals surface area contributed by atoms with Crippen LogP contribution in [0.3, 0.4) is 0 Å². The van der Waals surface area contributed by atoms with Gasteiger partial charge in [0.15, 0.2) is 11.5 Å². The van der Waals surface area contributed by atoms with Crippen LogP contribution in [0.5, 0.6) is 0 Å². The van der Waals surface area contributed by atoms with Crippen LogP contribution >= 0.6 is 0 Å². The molecule has 2 aliphatic rings. The SMILES string of the molecule is N=NC1=C(c2ccccc2)C2(CCC(Cc3ccc(-c4ccccc4)cc3)(N=N)CC2)C(=O)C1=NN. The van der Waals surface area contributed by atoms with E-state index in [2.05, 4.69) is 51.7 Å². The molecule has 180 valence electrons. The van der Waals surface area contributed by atoms with Gasteiger partial charge in [-0.3, -0.25) is 4.79 Å². The van der Waals surface area contributed by atoms with Crippen LogP contribution in [-0.2, 0) is 11.2 Å². The molecule has 0 atom stereocenters. The lowest BCUT2D eigenvalue weighted by Gasteiger charge is -2.42. The van der Waals surface area contributed by atoms with E-state index in [1.165, 1.54) is 0 Å². The van der Waals surface area contributed by atoms with Crippen LogP contribution in [0.25, 0.3) is 16.7 Å². The Morgan fingerprint density at radius 2 is 1.31 bits per heavy atom. The van der Waals surface area contributed by atoms with Gasteiger partial charge in [-0.2, -0.15) is 15.3 Å². The van der Waals surface area contributed by atoms with Gasteiger partial charge >= 0.3 is 0 Å². The number of allylic oxidation sites excluding steroid dienone is 2. The van der Waals surface area contributed by atoms with E-state index in [1.54, 1.807) is 0 Å². The van der Waals surface area contributed by atoms with Gasteiger partial charge in [-0.05, 0) is 54.4 Å². The summed E-state index contributed by atoms with van der Waals surface area (Å²) in [6.45, 7) is 0. The highest BCUT2D eigenvalue weighted by atomic mass is 16.1. The number of nitrogens with two attached hydrogens (primary N) is 1. The first-order chi connectivity index (χ1) is 17.6. The Morgan fingerprint density at radius 3 is 1.83 bits per heavy atom. The highest BCUT2D eigenvalue weighted by molar-refractivity contribution is 6.54. The number of nitrogens with zero attached hydrogens (tertiary/aromatic N) is 3. The maximum atomic E-state index is 13.6. The zero-order chi connectivity index (χ0) is 25.2. The van der Waals surface area contributed by atoms with Gasteiger partial charge in [0, 0.05) is 5.57 Å². The normalized spacial score (nSPS) is 24.9. The van der Waals surface area contributed by atoms with Crippen molar-refractivity contribution in [2.75, 3.05) is 0 Å². The summed E-state index contributed by atoms with van der Waals surface area (Å²) in [6.07, 6.45) is 2.77. The van der Waals surface area contributed by atoms with Crippen LogP contribution in [0.4, 0.5) is 0 Å². The topological polar surface area (TPSA) is 128 Å². The summed E-state index contributed by atoms with van der Waals surface area (Å²) in [5.74, 6) is 5.42. The van der Waals surface area contributed by atoms with Gasteiger partial charge in [0.1, 0.15) is 5.70 Å². The van der Waals surface area contributed by atoms with Crippen molar-refractivity contribution >= 4 is 17.1 Å². The van der Waals surface area contributed by atoms with Crippen molar-refractivity contribution in [1.29, 1.82) is 11.1 Å². The molecule has 1 saturated carbocycles. The molecule has 7 nitrogen and oxygen atoms in total. The summed E-state index contributed by atoms with van der Waals surface area (Å²) in [4.78, 5) is 13.6. The van der Waals surface area contributed by atoms with E-state index in [1.807, 2.05) is 48.5 Å². The number of hydrogen-bond donors (Lipinski definition) is 3. The van der Waals surface area contributed by atoms with E-state index in [0.717, 1.165) is 27.8 Å². The maximum absolute atomic E-state index is 13.6. The number of hydrogen-bond acceptors (Lipinski definition) is 7. The largest absolute Gasteiger partial charge is 0.323 e. The summed E-state index contributed by atoms with van der Waals surface area (Å²) in [5.41, 5.74) is 19.7. The smallest absolute Gasteiger partial charge is 0.195 e. The van der Waals surface area contributed by atoms with E-state index >= 15 is 0 Å². The quantitative estimate of drug-likeness (QED) is 0.211. The van der Waals surface area contributed by atoms with Gasteiger partial charge in [-0.25, -0.2) is 11.1 Å². The maximum Gasteiger partial charge on any atom is 0.195 e. The number of Topliss-reactive ketones (excluding diaryl/α,β-unsaturated/α-hetero) is 1. The molecular weight excluding hydrogens is 448 g/mol. The van der Waals surface area contributed by atoms with Crippen molar-refractivity contribution in [3.8, 4) is 11.1 Å². The molecule has 0 radical (unpaired) electrons. The minimum absolute atomic E-state index is 0.0654. The molecule has 5 rings (SSSR count). The highest BCUT2D eigenvalue weighted by Crippen LogP contribution is 2.56. The van der Waals surface area contributed by atoms with E-state index in [9.17, 15) is 4.79 Å². The van der Waals surface area contributed by atoms with Crippen molar-refractivity contribution in [2.24, 2.45) is 26.6 Å². The first kappa shape index (κ1) is 23.5. The zero-order valence-corrected chi connectivity index (χ0v) is 19.9. The molecular formula is C29H28N6O. The van der Waals surface area contributed by atoms with E-state index in [4.69, 9.17) is 16.9 Å². The fraction of sp³-hybridized carbons (Fsp3) is 0.241. The van der Waals surface area contributed by atoms with Crippen molar-refractivity contribution in [3.05, 3.63) is 102 Å². The van der Waals surface area contributed by atoms with Crippen molar-refractivity contribution in [1.82, 2.24) is 0 Å². The standard InChI is InChI=1S/C29H28N6O/c30-33-25-24(23-9-5-2-6-10-23)29(27(36)26(25)34-31)17-15-28(35-32,16-18-29)19-20-11-13-22(14-12-20)21-7-3-1-4-8-21/h1-14,30,32H,15-19,31H2. The van der Waals surface area contributed by atoms with Crippen molar-refractivity contribution < 1.29 is 4.79 Å². The van der Waals surface area contributed by atoms with Crippen LogP contribution in [0.2, 0.25) is 0 Å². The first-order valence-electron chi connectivity index (χ1n) is 12.1. The van der Waals surface area contributed by atoms with Gasteiger partial charge < -0.3 is 5.84 Å². The van der Waals surface area contributed by atoms with Crippen LogP contribution < -0.4 is 5.84 Å². The molecule has 1 spiro atoms. The fourth-order valence-corrected chi connectivity index (χ4v) is 5.81. The second kappa shape index (κ2) is 9.41. The Balaban J connectivity index is 1.43. The Bertz CT molecular complexity index is 1350. The van der Waals surface area contributed by atoms with Gasteiger partial charge in [-0.15, -0.1) is 0 Å². The molecule has 0 unspecified atom stereocenters. The minimum Gasteiger partial charge on any atom is -0.323 e. The molecule has 2 aliphatic carbocycles. The van der Waals surface area contributed by atoms with E-state index < -0.39 is 11.0 Å². The van der Waals surface area contributed by atoms with Crippen LogP contribution in [0.1, 0.15) is 36.8 Å². The average Bonchev–Trinajstić information content (AvgIpc) is 3.18. The Hall–Kier alpha value is -4.26. The van der Waals surface area contributed by atoms with Crippen molar-refractivity contribution in [3.63, 3.8) is 0 Å². The molecule has 7 heteroatoms. The summed E-state index contributed by atoms with van der Waals surface area (Å²) in [7, 11) is 0. The van der Waals surface area contributed by atoms with Crippen LogP contribution in [0.15, 0.2) is 106 Å². The van der Waals surface area contributed by atoms with Crippen LogP contribution in [-0.4, -0.2) is 17.0 Å². The third-order valence-electron chi connectivity index (χ3n) is 7.76. The summed E-state index contributed by atoms with van der Waals surface area (Å²) in [6, 6.07) is 28.2. The Morgan fingerprint density at radius 1 is 0.750 bits per heavy atom. The lowest BCUT2D eigenvalue weighted by molar-refractivity contribution is -0.120. The summed E-state index contributed by atoms with van der Waals surface area (Å²) in [5, 5.41) is 11.5. The first-order valence-corrected chi connectivity index (χ1v) is 12.1. The molecule has 3 aromatic carbocycles. The van der Waals surface area contributed by atoms with Gasteiger partial charge in [0.05, 0.1) is 11.0 Å². The number of rotatable bonds is 6. The molecule has 4 N–H and O–H groups in total. The molecule has 0 heterocycles. The van der Waals surface area contributed by atoms with Crippen LogP contribution in [0, 0.1) is 16.5 Å². The molecule has 1 fully saturated rings. The predicted molar refractivity (Wildman–Crippen MR) is 140 cm³/mol. The third-order valence-corrected chi connectivity index (χ3v) is 7.76. The molecule has 0 aromatic heterocycles. The summed E-state index contributed by atoms with van der Waals surface area (Å²) >= 11 is 0. The Labute approximate surface area is 210 Å². The number of hydrazone groups is 1. The third kappa shape index (κ3) is 3.86. The van der Waals surface area contributed by atoms with E-state index in [0.29, 0.717) is 32.1 Å². The number of carbonyl (C=O) groups excluding carboxylic acids is 1. The highest BCUT2D eigenvalue weighted by Gasteiger charge is 2.56. The molecule has 0 aliphatic heterocycles. The molecule has 0 saturated heterocycles. The summed E-state index contributed by atoms with van der Waals surface area (Å²) < 4.78 is 0. The van der Waals surface area contributed by atoms with Gasteiger partial charge in [-0.1, -0.05) is 84.9 Å². The second-order valence-electron chi connectivity index (χ2n) is 9.67. The van der Waals surface area contributed by atoms with E-state index in [-0.39, 0.29) is 17.2 Å². The zero-order valence-electron chi connectivity index (χ0n) is 19.9. The molecule has 36 heavy (non-hydrogen) atoms. The molecule has 3 aromatic rings. The van der Waals surface area contributed by atoms with Gasteiger partial charge in [0.25, 0.3) is 0 Å². The average molecular weight is 477 g/mol. The number of benzene rings is 3. The lowest BCUT2D eigenvalue weighted by atomic mass is 9.61.